The SMILES string of the molecule is CCCC1NC(=O)CCN(Cc2nnn(C)n2)C1=O. The highest BCUT2D eigenvalue weighted by Gasteiger charge is 2.29. The number of tetrazole rings is 1. The van der Waals surface area contributed by atoms with Gasteiger partial charge in [0, 0.05) is 13.0 Å². The molecule has 0 aromatic carbocycles. The van der Waals surface area contributed by atoms with Gasteiger partial charge in [0.15, 0.2) is 5.82 Å². The Bertz CT molecular complexity index is 472. The Hall–Kier alpha value is -1.99. The van der Waals surface area contributed by atoms with Crippen LogP contribution in [0.1, 0.15) is 32.0 Å². The number of rotatable bonds is 4. The van der Waals surface area contributed by atoms with Crippen molar-refractivity contribution in [1.82, 2.24) is 30.4 Å². The molecule has 0 aliphatic carbocycles. The zero-order valence-electron chi connectivity index (χ0n) is 11.2. The topological polar surface area (TPSA) is 93.0 Å². The molecule has 1 saturated heterocycles. The molecule has 0 radical (unpaired) electrons. The number of amides is 2. The van der Waals surface area contributed by atoms with Crippen molar-refractivity contribution < 1.29 is 9.59 Å². The lowest BCUT2D eigenvalue weighted by Crippen LogP contribution is -2.44. The highest BCUT2D eigenvalue weighted by molar-refractivity contribution is 5.89. The molecule has 1 aliphatic heterocycles. The smallest absolute Gasteiger partial charge is 0.245 e. The predicted molar refractivity (Wildman–Crippen MR) is 65.7 cm³/mol. The van der Waals surface area contributed by atoms with Crippen LogP contribution in [0.3, 0.4) is 0 Å². The normalized spacial score (nSPS) is 20.3. The first kappa shape index (κ1) is 13.4. The largest absolute Gasteiger partial charge is 0.344 e. The third-order valence-electron chi connectivity index (χ3n) is 3.01. The molecule has 104 valence electrons. The summed E-state index contributed by atoms with van der Waals surface area (Å²) in [5.74, 6) is 0.335. The van der Waals surface area contributed by atoms with E-state index >= 15 is 0 Å². The van der Waals surface area contributed by atoms with E-state index < -0.39 is 6.04 Å². The van der Waals surface area contributed by atoms with Gasteiger partial charge in [0.25, 0.3) is 0 Å². The molecule has 1 fully saturated rings. The molecular formula is C11H18N6O2. The van der Waals surface area contributed by atoms with E-state index in [9.17, 15) is 9.59 Å². The summed E-state index contributed by atoms with van der Waals surface area (Å²) in [4.78, 5) is 26.9. The molecule has 1 unspecified atom stereocenters. The van der Waals surface area contributed by atoms with Gasteiger partial charge in [0.05, 0.1) is 13.6 Å². The Morgan fingerprint density at radius 1 is 1.42 bits per heavy atom. The van der Waals surface area contributed by atoms with Crippen LogP contribution in [0.25, 0.3) is 0 Å². The van der Waals surface area contributed by atoms with Gasteiger partial charge >= 0.3 is 0 Å². The maximum absolute atomic E-state index is 12.3. The van der Waals surface area contributed by atoms with Crippen LogP contribution in [0.5, 0.6) is 0 Å². The van der Waals surface area contributed by atoms with Crippen molar-refractivity contribution in [3.05, 3.63) is 5.82 Å². The van der Waals surface area contributed by atoms with E-state index in [4.69, 9.17) is 0 Å². The van der Waals surface area contributed by atoms with E-state index in [1.807, 2.05) is 6.92 Å². The predicted octanol–water partition coefficient (Wildman–Crippen LogP) is -0.773. The van der Waals surface area contributed by atoms with Gasteiger partial charge in [0.2, 0.25) is 11.8 Å². The van der Waals surface area contributed by atoms with Gasteiger partial charge in [-0.15, -0.1) is 10.2 Å². The minimum Gasteiger partial charge on any atom is -0.344 e. The summed E-state index contributed by atoms with van der Waals surface area (Å²) in [6.45, 7) is 2.67. The van der Waals surface area contributed by atoms with E-state index in [2.05, 4.69) is 20.7 Å². The summed E-state index contributed by atoms with van der Waals surface area (Å²) >= 11 is 0. The molecule has 1 N–H and O–H groups in total. The molecule has 1 aromatic heterocycles. The quantitative estimate of drug-likeness (QED) is 0.772. The average Bonchev–Trinajstić information content (AvgIpc) is 2.73. The van der Waals surface area contributed by atoms with E-state index in [0.717, 1.165) is 6.42 Å². The molecule has 8 nitrogen and oxygen atoms in total. The Kier molecular flexibility index (Phi) is 4.08. The molecule has 0 saturated carbocycles. The fraction of sp³-hybridized carbons (Fsp3) is 0.727. The van der Waals surface area contributed by atoms with E-state index in [1.54, 1.807) is 11.9 Å². The maximum Gasteiger partial charge on any atom is 0.245 e. The average molecular weight is 266 g/mol. The fourth-order valence-corrected chi connectivity index (χ4v) is 2.09. The van der Waals surface area contributed by atoms with Crippen molar-refractivity contribution in [2.45, 2.75) is 38.8 Å². The number of aryl methyl sites for hydroxylation is 1. The van der Waals surface area contributed by atoms with Crippen molar-refractivity contribution in [3.63, 3.8) is 0 Å². The van der Waals surface area contributed by atoms with Gasteiger partial charge in [-0.1, -0.05) is 13.3 Å². The Morgan fingerprint density at radius 3 is 2.84 bits per heavy atom. The molecule has 8 heteroatoms. The molecular weight excluding hydrogens is 248 g/mol. The molecule has 19 heavy (non-hydrogen) atoms. The Balaban J connectivity index is 2.09. The first-order chi connectivity index (χ1) is 9.10. The van der Waals surface area contributed by atoms with Crippen molar-refractivity contribution in [2.24, 2.45) is 7.05 Å². The second kappa shape index (κ2) is 5.77. The molecule has 1 atom stereocenters. The summed E-state index contributed by atoms with van der Waals surface area (Å²) in [5, 5.41) is 14.4. The van der Waals surface area contributed by atoms with Crippen LogP contribution in [0.2, 0.25) is 0 Å². The van der Waals surface area contributed by atoms with Gasteiger partial charge in [-0.05, 0) is 11.6 Å². The number of nitrogens with zero attached hydrogens (tertiary/aromatic N) is 5. The van der Waals surface area contributed by atoms with Gasteiger partial charge < -0.3 is 10.2 Å². The molecule has 1 aliphatic rings. The lowest BCUT2D eigenvalue weighted by atomic mass is 10.1. The first-order valence-electron chi connectivity index (χ1n) is 6.41. The number of hydrogen-bond acceptors (Lipinski definition) is 5. The minimum absolute atomic E-state index is 0.0693. The number of nitrogens with one attached hydrogen (secondary N) is 1. The highest BCUT2D eigenvalue weighted by atomic mass is 16.2. The summed E-state index contributed by atoms with van der Waals surface area (Å²) < 4.78 is 0. The van der Waals surface area contributed by atoms with Crippen molar-refractivity contribution in [3.8, 4) is 0 Å². The lowest BCUT2D eigenvalue weighted by Gasteiger charge is -2.22. The summed E-state index contributed by atoms with van der Waals surface area (Å²) in [5.41, 5.74) is 0. The van der Waals surface area contributed by atoms with Gasteiger partial charge in [0.1, 0.15) is 6.04 Å². The first-order valence-corrected chi connectivity index (χ1v) is 6.41. The van der Waals surface area contributed by atoms with E-state index in [1.165, 1.54) is 4.80 Å². The molecule has 0 bridgehead atoms. The van der Waals surface area contributed by atoms with Gasteiger partial charge in [-0.3, -0.25) is 9.59 Å². The monoisotopic (exact) mass is 266 g/mol. The van der Waals surface area contributed by atoms with Crippen molar-refractivity contribution in [1.29, 1.82) is 0 Å². The minimum atomic E-state index is -0.434. The molecule has 0 spiro atoms. The van der Waals surface area contributed by atoms with Crippen LogP contribution in [-0.2, 0) is 23.2 Å². The number of carbonyl (C=O) groups excluding carboxylic acids is 2. The second-order valence-corrected chi connectivity index (χ2v) is 4.61. The van der Waals surface area contributed by atoms with Crippen molar-refractivity contribution in [2.75, 3.05) is 6.54 Å². The zero-order chi connectivity index (χ0) is 13.8. The molecule has 2 rings (SSSR count). The number of hydrogen-bond donors (Lipinski definition) is 1. The Morgan fingerprint density at radius 2 is 2.21 bits per heavy atom. The molecule has 2 heterocycles. The van der Waals surface area contributed by atoms with Crippen LogP contribution in [0.4, 0.5) is 0 Å². The second-order valence-electron chi connectivity index (χ2n) is 4.61. The third kappa shape index (κ3) is 3.27. The third-order valence-corrected chi connectivity index (χ3v) is 3.01. The van der Waals surface area contributed by atoms with E-state index in [-0.39, 0.29) is 11.8 Å². The van der Waals surface area contributed by atoms with Crippen LogP contribution in [0, 0.1) is 0 Å². The number of carbonyl (C=O) groups is 2. The molecule has 2 amide bonds. The standard InChI is InChI=1S/C11H18N6O2/c1-3-4-8-11(19)17(6-5-10(18)12-8)7-9-13-15-16(2)14-9/h8H,3-7H2,1-2H3,(H,12,18). The summed E-state index contributed by atoms with van der Waals surface area (Å²) in [7, 11) is 1.67. The van der Waals surface area contributed by atoms with Crippen molar-refractivity contribution >= 4 is 11.8 Å². The summed E-state index contributed by atoms with van der Waals surface area (Å²) in [6, 6.07) is -0.434. The van der Waals surface area contributed by atoms with Crippen LogP contribution >= 0.6 is 0 Å². The summed E-state index contributed by atoms with van der Waals surface area (Å²) in [6.07, 6.45) is 1.80. The maximum atomic E-state index is 12.3. The molecule has 1 aromatic rings. The lowest BCUT2D eigenvalue weighted by molar-refractivity contribution is -0.134. The highest BCUT2D eigenvalue weighted by Crippen LogP contribution is 2.10. The van der Waals surface area contributed by atoms with Crippen LogP contribution in [0.15, 0.2) is 0 Å². The van der Waals surface area contributed by atoms with Gasteiger partial charge in [-0.25, -0.2) is 0 Å². The number of aromatic nitrogens is 4. The Labute approximate surface area is 111 Å². The van der Waals surface area contributed by atoms with Gasteiger partial charge in [-0.2, -0.15) is 4.80 Å². The zero-order valence-corrected chi connectivity index (χ0v) is 11.2. The van der Waals surface area contributed by atoms with Crippen LogP contribution in [-0.4, -0.2) is 49.5 Å². The van der Waals surface area contributed by atoms with Crippen LogP contribution < -0.4 is 5.32 Å². The fourth-order valence-electron chi connectivity index (χ4n) is 2.09. The van der Waals surface area contributed by atoms with E-state index in [0.29, 0.717) is 31.8 Å².